The molecule has 0 unspecified atom stereocenters. The molecule has 0 aliphatic carbocycles. The maximum atomic E-state index is 5.39. The van der Waals surface area contributed by atoms with Gasteiger partial charge in [-0.1, -0.05) is 57.7 Å². The van der Waals surface area contributed by atoms with E-state index >= 15 is 0 Å². The zero-order chi connectivity index (χ0) is 15.3. The van der Waals surface area contributed by atoms with Crippen molar-refractivity contribution < 1.29 is 4.74 Å². The number of nitrogens with zero attached hydrogens (tertiary/aromatic N) is 1. The summed E-state index contributed by atoms with van der Waals surface area (Å²) in [5.41, 5.74) is 1.35. The van der Waals surface area contributed by atoms with E-state index in [1.165, 1.54) is 63.7 Å². The van der Waals surface area contributed by atoms with Gasteiger partial charge in [0.1, 0.15) is 5.75 Å². The fourth-order valence-corrected chi connectivity index (χ4v) is 2.81. The van der Waals surface area contributed by atoms with Crippen LogP contribution in [0.15, 0.2) is 24.3 Å². The van der Waals surface area contributed by atoms with E-state index in [9.17, 15) is 0 Å². The molecule has 120 valence electrons. The van der Waals surface area contributed by atoms with Crippen molar-refractivity contribution >= 4 is 0 Å². The molecule has 0 aromatic heterocycles. The van der Waals surface area contributed by atoms with Gasteiger partial charge in [0.05, 0.1) is 7.11 Å². The van der Waals surface area contributed by atoms with Gasteiger partial charge in [0.25, 0.3) is 0 Å². The Hall–Kier alpha value is -1.02. The second kappa shape index (κ2) is 11.6. The van der Waals surface area contributed by atoms with Gasteiger partial charge in [0.2, 0.25) is 0 Å². The molecular formula is C19H33NO. The number of unbranched alkanes of at least 4 members (excludes halogenated alkanes) is 5. The van der Waals surface area contributed by atoms with Crippen molar-refractivity contribution in [1.82, 2.24) is 4.90 Å². The second-order valence-electron chi connectivity index (χ2n) is 5.71. The average Bonchev–Trinajstić information content (AvgIpc) is 2.54. The molecule has 0 aliphatic heterocycles. The topological polar surface area (TPSA) is 12.5 Å². The normalized spacial score (nSPS) is 11.0. The summed E-state index contributed by atoms with van der Waals surface area (Å²) < 4.78 is 5.39. The minimum atomic E-state index is 1.04. The lowest BCUT2D eigenvalue weighted by atomic mass is 10.0. The summed E-state index contributed by atoms with van der Waals surface area (Å²) in [5, 5.41) is 0. The molecule has 1 aromatic carbocycles. The summed E-state index contributed by atoms with van der Waals surface area (Å²) in [7, 11) is 1.76. The van der Waals surface area contributed by atoms with Crippen molar-refractivity contribution in [3.05, 3.63) is 29.8 Å². The third kappa shape index (κ3) is 7.52. The monoisotopic (exact) mass is 291 g/mol. The number of hydrogen-bond donors (Lipinski definition) is 0. The standard InChI is InChI=1S/C19H33NO/c1-4-20(5-2)17-13-9-7-6-8-10-14-18-15-11-12-16-19(18)21-3/h11-12,15-16H,4-10,13-14,17H2,1-3H3. The van der Waals surface area contributed by atoms with Crippen molar-refractivity contribution in [2.75, 3.05) is 26.7 Å². The van der Waals surface area contributed by atoms with Gasteiger partial charge >= 0.3 is 0 Å². The van der Waals surface area contributed by atoms with Gasteiger partial charge in [0, 0.05) is 0 Å². The number of para-hydroxylation sites is 1. The molecule has 21 heavy (non-hydrogen) atoms. The molecule has 2 nitrogen and oxygen atoms in total. The van der Waals surface area contributed by atoms with Crippen LogP contribution in [0, 0.1) is 0 Å². The van der Waals surface area contributed by atoms with Gasteiger partial charge in [-0.15, -0.1) is 0 Å². The van der Waals surface area contributed by atoms with Crippen LogP contribution < -0.4 is 4.74 Å². The Labute approximate surface area is 131 Å². The quantitative estimate of drug-likeness (QED) is 0.507. The zero-order valence-electron chi connectivity index (χ0n) is 14.2. The molecule has 0 spiro atoms. The minimum Gasteiger partial charge on any atom is -0.496 e. The molecule has 0 atom stereocenters. The van der Waals surface area contributed by atoms with E-state index < -0.39 is 0 Å². The lowest BCUT2D eigenvalue weighted by Gasteiger charge is -2.17. The van der Waals surface area contributed by atoms with Gasteiger partial charge < -0.3 is 9.64 Å². The van der Waals surface area contributed by atoms with Gasteiger partial charge in [-0.2, -0.15) is 0 Å². The van der Waals surface area contributed by atoms with Gasteiger partial charge in [-0.05, 0) is 50.5 Å². The van der Waals surface area contributed by atoms with Gasteiger partial charge in [-0.25, -0.2) is 0 Å². The molecule has 0 fully saturated rings. The Bertz CT molecular complexity index is 360. The molecule has 0 aliphatic rings. The van der Waals surface area contributed by atoms with E-state index in [0.29, 0.717) is 0 Å². The Morgan fingerprint density at radius 1 is 0.857 bits per heavy atom. The Balaban J connectivity index is 2.02. The first kappa shape index (κ1) is 18.0. The Kier molecular flexibility index (Phi) is 9.98. The Morgan fingerprint density at radius 3 is 2.14 bits per heavy atom. The van der Waals surface area contributed by atoms with Crippen molar-refractivity contribution in [3.8, 4) is 5.75 Å². The summed E-state index contributed by atoms with van der Waals surface area (Å²) in [6, 6.07) is 8.38. The first-order valence-corrected chi connectivity index (χ1v) is 8.66. The summed E-state index contributed by atoms with van der Waals surface area (Å²) in [5.74, 6) is 1.04. The predicted molar refractivity (Wildman–Crippen MR) is 92.2 cm³/mol. The molecule has 0 saturated heterocycles. The third-order valence-corrected chi connectivity index (χ3v) is 4.26. The number of aryl methyl sites for hydroxylation is 1. The maximum absolute atomic E-state index is 5.39. The third-order valence-electron chi connectivity index (χ3n) is 4.26. The van der Waals surface area contributed by atoms with Gasteiger partial charge in [-0.3, -0.25) is 0 Å². The van der Waals surface area contributed by atoms with Crippen molar-refractivity contribution in [3.63, 3.8) is 0 Å². The molecule has 1 rings (SSSR count). The van der Waals surface area contributed by atoms with Crippen LogP contribution >= 0.6 is 0 Å². The molecular weight excluding hydrogens is 258 g/mol. The van der Waals surface area contributed by atoms with E-state index in [2.05, 4.69) is 36.9 Å². The van der Waals surface area contributed by atoms with Crippen LogP contribution in [0.5, 0.6) is 5.75 Å². The lowest BCUT2D eigenvalue weighted by Crippen LogP contribution is -2.23. The smallest absolute Gasteiger partial charge is 0.122 e. The summed E-state index contributed by atoms with van der Waals surface area (Å²) in [4.78, 5) is 2.52. The van der Waals surface area contributed by atoms with Crippen LogP contribution in [0.4, 0.5) is 0 Å². The number of benzene rings is 1. The maximum Gasteiger partial charge on any atom is 0.122 e. The number of rotatable bonds is 12. The first-order valence-electron chi connectivity index (χ1n) is 8.66. The average molecular weight is 291 g/mol. The highest BCUT2D eigenvalue weighted by molar-refractivity contribution is 5.33. The first-order chi connectivity index (χ1) is 10.3. The zero-order valence-corrected chi connectivity index (χ0v) is 14.2. The molecule has 0 saturated carbocycles. The summed E-state index contributed by atoms with van der Waals surface area (Å²) >= 11 is 0. The summed E-state index contributed by atoms with van der Waals surface area (Å²) in [6.45, 7) is 8.15. The van der Waals surface area contributed by atoms with Crippen molar-refractivity contribution in [2.45, 2.75) is 58.8 Å². The number of methoxy groups -OCH3 is 1. The van der Waals surface area contributed by atoms with Crippen molar-refractivity contribution in [1.29, 1.82) is 0 Å². The largest absolute Gasteiger partial charge is 0.496 e. The van der Waals surface area contributed by atoms with E-state index in [0.717, 1.165) is 12.2 Å². The van der Waals surface area contributed by atoms with Crippen LogP contribution in [-0.2, 0) is 6.42 Å². The molecule has 0 bridgehead atoms. The van der Waals surface area contributed by atoms with E-state index in [1.54, 1.807) is 7.11 Å². The van der Waals surface area contributed by atoms with Crippen LogP contribution in [-0.4, -0.2) is 31.6 Å². The molecule has 0 radical (unpaired) electrons. The minimum absolute atomic E-state index is 1.04. The lowest BCUT2D eigenvalue weighted by molar-refractivity contribution is 0.295. The summed E-state index contributed by atoms with van der Waals surface area (Å²) in [6.07, 6.45) is 9.24. The fourth-order valence-electron chi connectivity index (χ4n) is 2.81. The highest BCUT2D eigenvalue weighted by Crippen LogP contribution is 2.20. The molecule has 0 heterocycles. The van der Waals surface area contributed by atoms with E-state index in [1.807, 2.05) is 6.07 Å². The van der Waals surface area contributed by atoms with Crippen LogP contribution in [0.3, 0.4) is 0 Å². The molecule has 2 heteroatoms. The number of hydrogen-bond acceptors (Lipinski definition) is 2. The highest BCUT2D eigenvalue weighted by Gasteiger charge is 2.01. The van der Waals surface area contributed by atoms with Crippen molar-refractivity contribution in [2.24, 2.45) is 0 Å². The second-order valence-corrected chi connectivity index (χ2v) is 5.71. The molecule has 1 aromatic rings. The fraction of sp³-hybridized carbons (Fsp3) is 0.684. The van der Waals surface area contributed by atoms with Crippen LogP contribution in [0.25, 0.3) is 0 Å². The SMILES string of the molecule is CCN(CC)CCCCCCCCc1ccccc1OC. The van der Waals surface area contributed by atoms with Crippen LogP contribution in [0.2, 0.25) is 0 Å². The Morgan fingerprint density at radius 2 is 1.48 bits per heavy atom. The van der Waals surface area contributed by atoms with E-state index in [-0.39, 0.29) is 0 Å². The highest BCUT2D eigenvalue weighted by atomic mass is 16.5. The van der Waals surface area contributed by atoms with E-state index in [4.69, 9.17) is 4.74 Å². The predicted octanol–water partition coefficient (Wildman–Crippen LogP) is 4.92. The molecule has 0 N–H and O–H groups in total. The van der Waals surface area contributed by atoms with Crippen LogP contribution in [0.1, 0.15) is 57.9 Å². The molecule has 0 amide bonds. The van der Waals surface area contributed by atoms with Gasteiger partial charge in [0.15, 0.2) is 0 Å². The number of ether oxygens (including phenoxy) is 1.